The molecule has 1 aliphatic rings. The van der Waals surface area contributed by atoms with Crippen molar-refractivity contribution in [2.45, 2.75) is 12.5 Å². The van der Waals surface area contributed by atoms with E-state index in [9.17, 15) is 9.90 Å². The van der Waals surface area contributed by atoms with E-state index in [4.69, 9.17) is 4.74 Å². The maximum atomic E-state index is 11.5. The number of aliphatic hydroxyl groups excluding tert-OH is 1. The van der Waals surface area contributed by atoms with Crippen molar-refractivity contribution in [3.05, 3.63) is 22.4 Å². The van der Waals surface area contributed by atoms with E-state index in [1.165, 1.54) is 11.3 Å². The molecule has 0 bridgehead atoms. The van der Waals surface area contributed by atoms with Gasteiger partial charge in [0.25, 0.3) is 0 Å². The summed E-state index contributed by atoms with van der Waals surface area (Å²) >= 11 is 1.47. The van der Waals surface area contributed by atoms with Crippen LogP contribution in [0.2, 0.25) is 0 Å². The van der Waals surface area contributed by atoms with Gasteiger partial charge >= 0.3 is 0 Å². The molecule has 0 amide bonds. The van der Waals surface area contributed by atoms with Gasteiger partial charge < -0.3 is 9.84 Å². The average Bonchev–Trinajstić information content (AvgIpc) is 2.70. The molecule has 1 saturated heterocycles. The topological polar surface area (TPSA) is 46.5 Å². The summed E-state index contributed by atoms with van der Waals surface area (Å²) in [5.74, 6) is -0.264. The zero-order valence-electron chi connectivity index (χ0n) is 7.68. The monoisotopic (exact) mass is 212 g/mol. The third-order valence-electron chi connectivity index (χ3n) is 2.42. The van der Waals surface area contributed by atoms with Crippen molar-refractivity contribution in [3.8, 4) is 0 Å². The summed E-state index contributed by atoms with van der Waals surface area (Å²) in [5, 5.41) is 11.8. The molecule has 0 aliphatic carbocycles. The van der Waals surface area contributed by atoms with Gasteiger partial charge in [0.05, 0.1) is 19.1 Å². The summed E-state index contributed by atoms with van der Waals surface area (Å²) in [6, 6.07) is 3.72. The van der Waals surface area contributed by atoms with E-state index in [-0.39, 0.29) is 11.7 Å². The number of ketones is 1. The Labute approximate surface area is 86.3 Å². The Hall–Kier alpha value is -0.710. The maximum absolute atomic E-state index is 11.5. The first-order chi connectivity index (χ1) is 6.79. The zero-order chi connectivity index (χ0) is 9.97. The molecule has 76 valence electrons. The number of carbonyl (C=O) groups is 1. The third-order valence-corrected chi connectivity index (χ3v) is 3.36. The van der Waals surface area contributed by atoms with Crippen molar-refractivity contribution >= 4 is 17.1 Å². The Kier molecular flexibility index (Phi) is 2.96. The number of thiophene rings is 1. The van der Waals surface area contributed by atoms with Crippen molar-refractivity contribution in [1.29, 1.82) is 0 Å². The molecule has 1 aliphatic heterocycles. The maximum Gasteiger partial charge on any atom is 0.143 e. The fourth-order valence-corrected chi connectivity index (χ4v) is 2.36. The Morgan fingerprint density at radius 2 is 2.50 bits per heavy atom. The molecule has 1 N–H and O–H groups in total. The number of hydrogen-bond acceptors (Lipinski definition) is 4. The summed E-state index contributed by atoms with van der Waals surface area (Å²) in [7, 11) is 0. The molecule has 0 unspecified atom stereocenters. The summed E-state index contributed by atoms with van der Waals surface area (Å²) in [5.41, 5.74) is 0. The first-order valence-electron chi connectivity index (χ1n) is 4.61. The predicted octanol–water partition coefficient (Wildman–Crippen LogP) is 1.39. The van der Waals surface area contributed by atoms with E-state index >= 15 is 0 Å². The van der Waals surface area contributed by atoms with Gasteiger partial charge in [0.2, 0.25) is 0 Å². The van der Waals surface area contributed by atoms with Gasteiger partial charge in [0, 0.05) is 11.3 Å². The van der Waals surface area contributed by atoms with Crippen LogP contribution < -0.4 is 0 Å². The summed E-state index contributed by atoms with van der Waals surface area (Å²) in [6.07, 6.45) is -0.268. The van der Waals surface area contributed by atoms with E-state index < -0.39 is 6.10 Å². The van der Waals surface area contributed by atoms with E-state index in [0.717, 1.165) is 4.88 Å². The van der Waals surface area contributed by atoms with Gasteiger partial charge in [-0.1, -0.05) is 6.07 Å². The highest BCUT2D eigenvalue weighted by atomic mass is 32.1. The number of ether oxygens (including phenoxy) is 1. The van der Waals surface area contributed by atoms with Gasteiger partial charge in [-0.2, -0.15) is 0 Å². The van der Waals surface area contributed by atoms with Crippen LogP contribution in [-0.4, -0.2) is 24.1 Å². The molecule has 2 heterocycles. The largest absolute Gasteiger partial charge is 0.387 e. The van der Waals surface area contributed by atoms with Crippen molar-refractivity contribution in [2.75, 3.05) is 13.2 Å². The van der Waals surface area contributed by atoms with Crippen molar-refractivity contribution in [1.82, 2.24) is 0 Å². The average molecular weight is 212 g/mol. The molecule has 0 spiro atoms. The number of hydrogen-bond donors (Lipinski definition) is 1. The Morgan fingerprint density at radius 3 is 3.14 bits per heavy atom. The molecule has 3 nitrogen and oxygen atoms in total. The number of Topliss-reactive ketones (excluding diaryl/α,β-unsaturated/α-hetero) is 1. The van der Waals surface area contributed by atoms with Crippen LogP contribution >= 0.6 is 11.3 Å². The van der Waals surface area contributed by atoms with Crippen LogP contribution in [0.15, 0.2) is 17.5 Å². The van der Waals surface area contributed by atoms with E-state index in [0.29, 0.717) is 19.6 Å². The lowest BCUT2D eigenvalue weighted by Crippen LogP contribution is -2.32. The van der Waals surface area contributed by atoms with Crippen LogP contribution in [0.4, 0.5) is 0 Å². The highest BCUT2D eigenvalue weighted by molar-refractivity contribution is 7.10. The van der Waals surface area contributed by atoms with Crippen molar-refractivity contribution in [3.63, 3.8) is 0 Å². The summed E-state index contributed by atoms with van der Waals surface area (Å²) in [4.78, 5) is 12.3. The van der Waals surface area contributed by atoms with Crippen LogP contribution in [0.3, 0.4) is 0 Å². The minimum atomic E-state index is -0.692. The standard InChI is InChI=1S/C10H12O3S/c11-8-3-4-13-6-7(8)10(12)9-2-1-5-14-9/h1-2,5,7,10,12H,3-4,6H2/t7-,10-/m0/s1. The first kappa shape index (κ1) is 9.83. The molecule has 0 saturated carbocycles. The fourth-order valence-electron chi connectivity index (χ4n) is 1.59. The lowest BCUT2D eigenvalue weighted by Gasteiger charge is -2.24. The van der Waals surface area contributed by atoms with Crippen LogP contribution in [0.5, 0.6) is 0 Å². The minimum Gasteiger partial charge on any atom is -0.387 e. The molecule has 1 fully saturated rings. The van der Waals surface area contributed by atoms with Crippen LogP contribution in [0.1, 0.15) is 17.4 Å². The van der Waals surface area contributed by atoms with Crippen LogP contribution in [0.25, 0.3) is 0 Å². The van der Waals surface area contributed by atoms with Crippen molar-refractivity contribution in [2.24, 2.45) is 5.92 Å². The second-order valence-corrected chi connectivity index (χ2v) is 4.34. The Bertz CT molecular complexity index is 307. The van der Waals surface area contributed by atoms with Gasteiger partial charge in [0.15, 0.2) is 0 Å². The van der Waals surface area contributed by atoms with Gasteiger partial charge in [-0.05, 0) is 11.4 Å². The van der Waals surface area contributed by atoms with Gasteiger partial charge in [-0.3, -0.25) is 4.79 Å². The quantitative estimate of drug-likeness (QED) is 0.805. The predicted molar refractivity (Wildman–Crippen MR) is 53.2 cm³/mol. The molecule has 2 atom stereocenters. The molecular formula is C10H12O3S. The van der Waals surface area contributed by atoms with Gasteiger partial charge in [-0.25, -0.2) is 0 Å². The molecular weight excluding hydrogens is 200 g/mol. The van der Waals surface area contributed by atoms with Gasteiger partial charge in [0.1, 0.15) is 11.9 Å². The van der Waals surface area contributed by atoms with E-state index in [2.05, 4.69) is 0 Å². The van der Waals surface area contributed by atoms with Crippen LogP contribution in [-0.2, 0) is 9.53 Å². The second kappa shape index (κ2) is 4.21. The van der Waals surface area contributed by atoms with E-state index in [1.54, 1.807) is 0 Å². The Balaban J connectivity index is 2.10. The first-order valence-corrected chi connectivity index (χ1v) is 5.49. The molecule has 2 rings (SSSR count). The van der Waals surface area contributed by atoms with E-state index in [1.807, 2.05) is 17.5 Å². The zero-order valence-corrected chi connectivity index (χ0v) is 8.50. The lowest BCUT2D eigenvalue weighted by molar-refractivity contribution is -0.136. The molecule has 14 heavy (non-hydrogen) atoms. The number of aliphatic hydroxyl groups is 1. The van der Waals surface area contributed by atoms with Gasteiger partial charge in [-0.15, -0.1) is 11.3 Å². The minimum absolute atomic E-state index is 0.108. The SMILES string of the molecule is O=C1CCOC[C@@H]1[C@H](O)c1cccs1. The highest BCUT2D eigenvalue weighted by Gasteiger charge is 2.31. The molecule has 4 heteroatoms. The third kappa shape index (κ3) is 1.87. The molecule has 0 aromatic carbocycles. The van der Waals surface area contributed by atoms with Crippen molar-refractivity contribution < 1.29 is 14.6 Å². The summed E-state index contributed by atoms with van der Waals surface area (Å²) in [6.45, 7) is 0.838. The fraction of sp³-hybridized carbons (Fsp3) is 0.500. The summed E-state index contributed by atoms with van der Waals surface area (Å²) < 4.78 is 5.20. The smallest absolute Gasteiger partial charge is 0.143 e. The Morgan fingerprint density at radius 1 is 1.64 bits per heavy atom. The highest BCUT2D eigenvalue weighted by Crippen LogP contribution is 2.29. The lowest BCUT2D eigenvalue weighted by atomic mass is 9.94. The second-order valence-electron chi connectivity index (χ2n) is 3.36. The number of carbonyl (C=O) groups excluding carboxylic acids is 1. The molecule has 0 radical (unpaired) electrons. The molecule has 1 aromatic rings. The normalized spacial score (nSPS) is 24.9. The molecule has 1 aromatic heterocycles. The number of rotatable bonds is 2. The van der Waals surface area contributed by atoms with Crippen LogP contribution in [0, 0.1) is 5.92 Å².